The van der Waals surface area contributed by atoms with E-state index in [0.29, 0.717) is 5.57 Å². The third-order valence-electron chi connectivity index (χ3n) is 4.78. The second-order valence-corrected chi connectivity index (χ2v) is 8.88. The number of aliphatic hydroxyl groups excluding tert-OH is 3. The molecule has 29 heavy (non-hydrogen) atoms. The fourth-order valence-electron chi connectivity index (χ4n) is 3.33. The van der Waals surface area contributed by atoms with Gasteiger partial charge in [-0.2, -0.15) is 0 Å². The Hall–Kier alpha value is -1.97. The summed E-state index contributed by atoms with van der Waals surface area (Å²) in [5.74, 6) is -3.68. The molecule has 10 nitrogen and oxygen atoms in total. The van der Waals surface area contributed by atoms with Gasteiger partial charge >= 0.3 is 13.8 Å². The Morgan fingerprint density at radius 3 is 2.48 bits per heavy atom. The Morgan fingerprint density at radius 2 is 1.97 bits per heavy atom. The first-order valence-electron chi connectivity index (χ1n) is 8.86. The minimum Gasteiger partial charge on any atom is -0.505 e. The van der Waals surface area contributed by atoms with E-state index >= 15 is 0 Å². The van der Waals surface area contributed by atoms with Gasteiger partial charge in [-0.25, -0.2) is 9.36 Å². The molecule has 0 fully saturated rings. The molecule has 2 aliphatic rings. The van der Waals surface area contributed by atoms with Gasteiger partial charge < -0.3 is 24.9 Å². The molecule has 11 heteroatoms. The molecule has 1 aliphatic carbocycles. The highest BCUT2D eigenvalue weighted by Crippen LogP contribution is 2.49. The van der Waals surface area contributed by atoms with Gasteiger partial charge in [-0.05, 0) is 36.8 Å². The van der Waals surface area contributed by atoms with Crippen LogP contribution in [0.25, 0.3) is 0 Å². The number of Topliss-reactive ketones (excluding diaryl/α,β-unsaturated/α-hetero) is 1. The summed E-state index contributed by atoms with van der Waals surface area (Å²) in [5.41, 5.74) is 0.716. The lowest BCUT2D eigenvalue weighted by atomic mass is 9.71. The van der Waals surface area contributed by atoms with Crippen molar-refractivity contribution in [2.45, 2.75) is 52.4 Å². The summed E-state index contributed by atoms with van der Waals surface area (Å²) < 4.78 is 26.5. The molecule has 0 spiro atoms. The molecular formula is C18H25O10P. The van der Waals surface area contributed by atoms with Gasteiger partial charge in [-0.15, -0.1) is 0 Å². The van der Waals surface area contributed by atoms with Crippen LogP contribution in [0.5, 0.6) is 0 Å². The van der Waals surface area contributed by atoms with Gasteiger partial charge in [0, 0.05) is 0 Å². The fraction of sp³-hybridized carbons (Fsp3) is 0.556. The number of allylic oxidation sites excluding steroid dienone is 3. The first kappa shape index (κ1) is 23.3. The van der Waals surface area contributed by atoms with Crippen LogP contribution in [0.3, 0.4) is 0 Å². The number of phosphoric ester groups is 1. The number of rotatable bonds is 7. The summed E-state index contributed by atoms with van der Waals surface area (Å²) in [7, 11) is -4.78. The van der Waals surface area contributed by atoms with E-state index < -0.39 is 61.4 Å². The van der Waals surface area contributed by atoms with Crippen molar-refractivity contribution >= 4 is 19.6 Å². The van der Waals surface area contributed by atoms with Gasteiger partial charge in [0.15, 0.2) is 17.6 Å². The van der Waals surface area contributed by atoms with Gasteiger partial charge in [0.05, 0.1) is 6.61 Å². The monoisotopic (exact) mass is 432 g/mol. The Balaban J connectivity index is 2.05. The summed E-state index contributed by atoms with van der Waals surface area (Å²) >= 11 is 0. The van der Waals surface area contributed by atoms with Crippen molar-refractivity contribution < 1.29 is 48.2 Å². The van der Waals surface area contributed by atoms with E-state index in [1.807, 2.05) is 26.8 Å². The van der Waals surface area contributed by atoms with E-state index in [1.165, 1.54) is 0 Å². The number of hydrogen-bond donors (Lipinski definition) is 4. The first-order chi connectivity index (χ1) is 13.3. The molecule has 4 atom stereocenters. The van der Waals surface area contributed by atoms with Crippen molar-refractivity contribution in [3.63, 3.8) is 0 Å². The van der Waals surface area contributed by atoms with Crippen LogP contribution in [0.15, 0.2) is 34.8 Å². The third kappa shape index (κ3) is 4.96. The van der Waals surface area contributed by atoms with Crippen LogP contribution in [0.1, 0.15) is 34.1 Å². The zero-order valence-electron chi connectivity index (χ0n) is 16.5. The number of esters is 1. The molecule has 0 aromatic heterocycles. The summed E-state index contributed by atoms with van der Waals surface area (Å²) in [6.07, 6.45) is -0.882. The van der Waals surface area contributed by atoms with Gasteiger partial charge in [-0.3, -0.25) is 13.8 Å². The van der Waals surface area contributed by atoms with E-state index in [1.54, 1.807) is 13.0 Å². The van der Waals surface area contributed by atoms with E-state index in [4.69, 9.17) is 9.05 Å². The molecule has 0 aromatic rings. The Kier molecular flexibility index (Phi) is 6.76. The van der Waals surface area contributed by atoms with Crippen LogP contribution in [-0.2, 0) is 27.9 Å². The number of ketones is 1. The molecule has 2 rings (SSSR count). The standard InChI is InChI=1S/C18H25O10P/c1-5-6-10-9(2)13(20)12(7-18(10,3)4)28-29(24,25)26-8-11(19)16-14(21)15(22)17(23)27-16/h5-6,11-12,16,19,21-22H,7-8H2,1-4H3,(H,24,25)/b6-5+/t11-,12?,16+/m0/s1. The third-order valence-corrected chi connectivity index (χ3v) is 5.78. The minimum atomic E-state index is -4.78. The zero-order valence-corrected chi connectivity index (χ0v) is 17.4. The van der Waals surface area contributed by atoms with E-state index in [2.05, 4.69) is 4.74 Å². The normalized spacial score (nSPS) is 28.1. The van der Waals surface area contributed by atoms with Crippen molar-refractivity contribution in [2.75, 3.05) is 6.61 Å². The molecule has 0 amide bonds. The van der Waals surface area contributed by atoms with Crippen molar-refractivity contribution in [1.82, 2.24) is 0 Å². The number of aliphatic hydroxyl groups is 3. The van der Waals surface area contributed by atoms with Crippen molar-refractivity contribution in [3.8, 4) is 0 Å². The molecule has 0 saturated heterocycles. The second kappa shape index (κ2) is 8.41. The molecular weight excluding hydrogens is 407 g/mol. The quantitative estimate of drug-likeness (QED) is 0.346. The maximum Gasteiger partial charge on any atom is 0.472 e. The number of phosphoric acid groups is 1. The number of ether oxygens (including phenoxy) is 1. The highest BCUT2D eigenvalue weighted by molar-refractivity contribution is 7.47. The lowest BCUT2D eigenvalue weighted by Gasteiger charge is -2.36. The Morgan fingerprint density at radius 1 is 1.34 bits per heavy atom. The summed E-state index contributed by atoms with van der Waals surface area (Å²) in [4.78, 5) is 33.7. The van der Waals surface area contributed by atoms with Gasteiger partial charge in [0.25, 0.3) is 0 Å². The van der Waals surface area contributed by atoms with Gasteiger partial charge in [0.2, 0.25) is 5.76 Å². The summed E-state index contributed by atoms with van der Waals surface area (Å²) in [6, 6.07) is 0. The molecule has 0 radical (unpaired) electrons. The molecule has 1 heterocycles. The van der Waals surface area contributed by atoms with Crippen LogP contribution < -0.4 is 0 Å². The maximum atomic E-state index is 12.6. The highest BCUT2D eigenvalue weighted by Gasteiger charge is 2.43. The maximum absolute atomic E-state index is 12.6. The number of carbonyl (C=O) groups is 2. The number of carbonyl (C=O) groups excluding carboxylic acids is 2. The molecule has 1 aliphatic heterocycles. The molecule has 0 aromatic carbocycles. The average molecular weight is 432 g/mol. The summed E-state index contributed by atoms with van der Waals surface area (Å²) in [5, 5.41) is 28.7. The molecule has 2 unspecified atom stereocenters. The van der Waals surface area contributed by atoms with Crippen LogP contribution in [0.4, 0.5) is 0 Å². The molecule has 0 saturated carbocycles. The second-order valence-electron chi connectivity index (χ2n) is 7.48. The van der Waals surface area contributed by atoms with Gasteiger partial charge in [-0.1, -0.05) is 26.0 Å². The SMILES string of the molecule is C/C=C/C1=C(C)C(=O)C(OP(=O)(O)OC[C@H](O)[C@H]2OC(=O)C(O)=C2O)CC1(C)C. The van der Waals surface area contributed by atoms with E-state index in [-0.39, 0.29) is 6.42 Å². The van der Waals surface area contributed by atoms with Crippen LogP contribution in [0, 0.1) is 5.41 Å². The van der Waals surface area contributed by atoms with Crippen molar-refractivity contribution in [1.29, 1.82) is 0 Å². The van der Waals surface area contributed by atoms with Gasteiger partial charge in [0.1, 0.15) is 12.2 Å². The predicted octanol–water partition coefficient (Wildman–Crippen LogP) is 1.99. The first-order valence-corrected chi connectivity index (χ1v) is 10.4. The van der Waals surface area contributed by atoms with E-state index in [0.717, 1.165) is 5.57 Å². The highest BCUT2D eigenvalue weighted by atomic mass is 31.2. The van der Waals surface area contributed by atoms with E-state index in [9.17, 15) is 34.4 Å². The predicted molar refractivity (Wildman–Crippen MR) is 99.7 cm³/mol. The van der Waals surface area contributed by atoms with Crippen molar-refractivity contribution in [3.05, 3.63) is 34.8 Å². The summed E-state index contributed by atoms with van der Waals surface area (Å²) in [6.45, 7) is 6.30. The fourth-order valence-corrected chi connectivity index (χ4v) is 4.22. The smallest absolute Gasteiger partial charge is 0.472 e. The molecule has 4 N–H and O–H groups in total. The minimum absolute atomic E-state index is 0.136. The lowest BCUT2D eigenvalue weighted by molar-refractivity contribution is -0.147. The van der Waals surface area contributed by atoms with Crippen LogP contribution in [0.2, 0.25) is 0 Å². The lowest BCUT2D eigenvalue weighted by Crippen LogP contribution is -2.37. The van der Waals surface area contributed by atoms with Crippen LogP contribution in [-0.4, -0.2) is 56.9 Å². The molecule has 162 valence electrons. The average Bonchev–Trinajstić information content (AvgIpc) is 2.88. The topological polar surface area (TPSA) is 160 Å². The largest absolute Gasteiger partial charge is 0.505 e. The Labute approximate surface area is 167 Å². The zero-order chi connectivity index (χ0) is 22.1. The van der Waals surface area contributed by atoms with Crippen molar-refractivity contribution in [2.24, 2.45) is 5.41 Å². The Bertz CT molecular complexity index is 838. The van der Waals surface area contributed by atoms with Crippen LogP contribution >= 0.6 is 7.82 Å². The number of cyclic esters (lactones) is 1. The molecule has 0 bridgehead atoms. The number of hydrogen-bond acceptors (Lipinski definition) is 9.